The number of alkyl halides is 3. The molecule has 1 fully saturated rings. The Labute approximate surface area is 122 Å². The van der Waals surface area contributed by atoms with Crippen LogP contribution < -0.4 is 4.74 Å². The number of ether oxygens (including phenoxy) is 1. The van der Waals surface area contributed by atoms with E-state index in [0.717, 1.165) is 17.2 Å². The third kappa shape index (κ3) is 2.15. The molecule has 4 rings (SSSR count). The Balaban J connectivity index is 1.96. The van der Waals surface area contributed by atoms with Gasteiger partial charge in [-0.1, -0.05) is 12.1 Å². The van der Waals surface area contributed by atoms with E-state index in [-0.39, 0.29) is 11.5 Å². The Morgan fingerprint density at radius 3 is 2.68 bits per heavy atom. The lowest BCUT2D eigenvalue weighted by Gasteiger charge is -2.10. The van der Waals surface area contributed by atoms with Crippen LogP contribution in [-0.4, -0.2) is 26.2 Å². The first kappa shape index (κ1) is 13.3. The monoisotopic (exact) mass is 308 g/mol. The van der Waals surface area contributed by atoms with Crippen molar-refractivity contribution in [2.45, 2.75) is 19.0 Å². The molecule has 1 aliphatic carbocycles. The molecule has 1 saturated carbocycles. The van der Waals surface area contributed by atoms with E-state index in [9.17, 15) is 13.2 Å². The number of hydrogen-bond acceptors (Lipinski definition) is 4. The smallest absolute Gasteiger partial charge is 0.452 e. The maximum Gasteiger partial charge on any atom is 0.452 e. The predicted octanol–water partition coefficient (Wildman–Crippen LogP) is 3.09. The van der Waals surface area contributed by atoms with Gasteiger partial charge in [0, 0.05) is 0 Å². The van der Waals surface area contributed by atoms with E-state index < -0.39 is 12.0 Å². The maximum atomic E-state index is 13.2. The van der Waals surface area contributed by atoms with Crippen LogP contribution in [0, 0.1) is 5.92 Å². The fourth-order valence-corrected chi connectivity index (χ4v) is 2.32. The van der Waals surface area contributed by atoms with E-state index >= 15 is 0 Å². The van der Waals surface area contributed by atoms with Crippen LogP contribution in [0.2, 0.25) is 0 Å². The maximum absolute atomic E-state index is 13.2. The molecule has 22 heavy (non-hydrogen) atoms. The van der Waals surface area contributed by atoms with E-state index in [0.29, 0.717) is 23.6 Å². The zero-order chi connectivity index (χ0) is 15.3. The molecule has 114 valence electrons. The van der Waals surface area contributed by atoms with Gasteiger partial charge in [-0.2, -0.15) is 13.2 Å². The van der Waals surface area contributed by atoms with Gasteiger partial charge in [-0.15, -0.1) is 10.2 Å². The topological polar surface area (TPSA) is 52.3 Å². The molecule has 0 radical (unpaired) electrons. The summed E-state index contributed by atoms with van der Waals surface area (Å²) in [7, 11) is 0. The minimum atomic E-state index is -4.60. The second kappa shape index (κ2) is 4.56. The number of nitrogens with zero attached hydrogens (tertiary/aromatic N) is 4. The Morgan fingerprint density at radius 1 is 1.18 bits per heavy atom. The third-order valence-corrected chi connectivity index (χ3v) is 3.61. The lowest BCUT2D eigenvalue weighted by molar-refractivity contribution is -0.145. The summed E-state index contributed by atoms with van der Waals surface area (Å²) in [5.74, 6) is -0.524. The summed E-state index contributed by atoms with van der Waals surface area (Å²) in [4.78, 5) is 4.29. The first-order valence-corrected chi connectivity index (χ1v) is 6.88. The van der Waals surface area contributed by atoms with Gasteiger partial charge in [0.25, 0.3) is 5.88 Å². The number of hydrogen-bond donors (Lipinski definition) is 0. The van der Waals surface area contributed by atoms with Crippen LogP contribution in [0.5, 0.6) is 5.88 Å². The van der Waals surface area contributed by atoms with E-state index in [1.807, 2.05) is 0 Å². The molecule has 0 atom stereocenters. The van der Waals surface area contributed by atoms with Gasteiger partial charge in [0.05, 0.1) is 17.6 Å². The SMILES string of the molecule is FC(F)(F)c1nnc2c(OCC3CC3)nc3ccccc3n12. The molecule has 1 aromatic carbocycles. The lowest BCUT2D eigenvalue weighted by atomic mass is 10.3. The highest BCUT2D eigenvalue weighted by Gasteiger charge is 2.38. The van der Waals surface area contributed by atoms with Crippen molar-refractivity contribution in [2.24, 2.45) is 5.92 Å². The van der Waals surface area contributed by atoms with Crippen LogP contribution in [0.1, 0.15) is 18.7 Å². The number of benzene rings is 1. The van der Waals surface area contributed by atoms with E-state index in [4.69, 9.17) is 4.74 Å². The molecule has 2 aromatic heterocycles. The second-order valence-electron chi connectivity index (χ2n) is 5.34. The largest absolute Gasteiger partial charge is 0.475 e. The van der Waals surface area contributed by atoms with Crippen molar-refractivity contribution < 1.29 is 17.9 Å². The first-order chi connectivity index (χ1) is 10.5. The summed E-state index contributed by atoms with van der Waals surface area (Å²) in [6.45, 7) is 0.440. The van der Waals surface area contributed by atoms with Gasteiger partial charge in [-0.3, -0.25) is 4.40 Å². The molecule has 0 unspecified atom stereocenters. The predicted molar refractivity (Wildman–Crippen MR) is 71.5 cm³/mol. The molecule has 5 nitrogen and oxygen atoms in total. The highest BCUT2D eigenvalue weighted by atomic mass is 19.4. The molecular formula is C14H11F3N4O. The average molecular weight is 308 g/mol. The van der Waals surface area contributed by atoms with Gasteiger partial charge in [-0.05, 0) is 30.9 Å². The summed E-state index contributed by atoms with van der Waals surface area (Å²) in [6.07, 6.45) is -2.45. The van der Waals surface area contributed by atoms with E-state index in [1.54, 1.807) is 24.3 Å². The zero-order valence-electron chi connectivity index (χ0n) is 11.3. The number of para-hydroxylation sites is 2. The van der Waals surface area contributed by atoms with Crippen LogP contribution in [0.15, 0.2) is 24.3 Å². The molecule has 0 spiro atoms. The lowest BCUT2D eigenvalue weighted by Crippen LogP contribution is -2.12. The van der Waals surface area contributed by atoms with Gasteiger partial charge in [0.1, 0.15) is 0 Å². The van der Waals surface area contributed by atoms with E-state index in [2.05, 4.69) is 15.2 Å². The van der Waals surface area contributed by atoms with Crippen LogP contribution in [0.3, 0.4) is 0 Å². The van der Waals surface area contributed by atoms with Gasteiger partial charge in [0.2, 0.25) is 11.5 Å². The van der Waals surface area contributed by atoms with E-state index in [1.165, 1.54) is 0 Å². The molecule has 0 N–H and O–H groups in total. The molecule has 8 heteroatoms. The van der Waals surface area contributed by atoms with Gasteiger partial charge >= 0.3 is 6.18 Å². The highest BCUT2D eigenvalue weighted by Crippen LogP contribution is 2.33. The molecule has 2 heterocycles. The Bertz CT molecular complexity index is 854. The minimum Gasteiger partial charge on any atom is -0.475 e. The quantitative estimate of drug-likeness (QED) is 0.746. The van der Waals surface area contributed by atoms with Crippen molar-refractivity contribution in [2.75, 3.05) is 6.61 Å². The normalized spacial score (nSPS) is 15.6. The first-order valence-electron chi connectivity index (χ1n) is 6.88. The molecule has 0 saturated heterocycles. The fourth-order valence-electron chi connectivity index (χ4n) is 2.32. The number of halogens is 3. The molecule has 1 aliphatic rings. The Morgan fingerprint density at radius 2 is 1.95 bits per heavy atom. The van der Waals surface area contributed by atoms with Gasteiger partial charge in [-0.25, -0.2) is 4.98 Å². The van der Waals surface area contributed by atoms with Crippen LogP contribution in [-0.2, 0) is 6.18 Å². The van der Waals surface area contributed by atoms with Crippen molar-refractivity contribution in [1.29, 1.82) is 0 Å². The highest BCUT2D eigenvalue weighted by molar-refractivity contribution is 5.79. The van der Waals surface area contributed by atoms with Crippen molar-refractivity contribution in [3.05, 3.63) is 30.1 Å². The second-order valence-corrected chi connectivity index (χ2v) is 5.34. The molecule has 0 aliphatic heterocycles. The number of fused-ring (bicyclic) bond motifs is 3. The summed E-state index contributed by atoms with van der Waals surface area (Å²) < 4.78 is 46.0. The summed E-state index contributed by atoms with van der Waals surface area (Å²) in [6, 6.07) is 6.55. The van der Waals surface area contributed by atoms with Crippen molar-refractivity contribution in [1.82, 2.24) is 19.6 Å². The fraction of sp³-hybridized carbons (Fsp3) is 0.357. The third-order valence-electron chi connectivity index (χ3n) is 3.61. The van der Waals surface area contributed by atoms with Crippen molar-refractivity contribution in [3.63, 3.8) is 0 Å². The summed E-state index contributed by atoms with van der Waals surface area (Å²) in [5.41, 5.74) is 0.700. The molecule has 0 bridgehead atoms. The molecule has 3 aromatic rings. The average Bonchev–Trinajstić information content (AvgIpc) is 3.18. The number of rotatable bonds is 3. The van der Waals surface area contributed by atoms with Crippen LogP contribution in [0.25, 0.3) is 16.7 Å². The summed E-state index contributed by atoms with van der Waals surface area (Å²) in [5, 5.41) is 6.93. The Hall–Kier alpha value is -2.38. The van der Waals surface area contributed by atoms with Crippen molar-refractivity contribution in [3.8, 4) is 5.88 Å². The van der Waals surface area contributed by atoms with Crippen LogP contribution in [0.4, 0.5) is 13.2 Å². The standard InChI is InChI=1S/C14H11F3N4O/c15-14(16,17)13-20-19-11-12(22-7-8-5-6-8)18-9-3-1-2-4-10(9)21(11)13/h1-4,8H,5-7H2. The van der Waals surface area contributed by atoms with Crippen LogP contribution >= 0.6 is 0 Å². The Kier molecular flexibility index (Phi) is 2.75. The molecule has 0 amide bonds. The number of aromatic nitrogens is 4. The summed E-state index contributed by atoms with van der Waals surface area (Å²) >= 11 is 0. The minimum absolute atomic E-state index is 0.00771. The van der Waals surface area contributed by atoms with Gasteiger partial charge in [0.15, 0.2) is 0 Å². The zero-order valence-corrected chi connectivity index (χ0v) is 11.3. The van der Waals surface area contributed by atoms with Crippen molar-refractivity contribution >= 4 is 16.7 Å². The van der Waals surface area contributed by atoms with Gasteiger partial charge < -0.3 is 4.74 Å². The molecular weight excluding hydrogens is 297 g/mol.